The highest BCUT2D eigenvalue weighted by Gasteiger charge is 2.37. The topological polar surface area (TPSA) is 121 Å². The van der Waals surface area contributed by atoms with Gasteiger partial charge in [-0.05, 0) is 108 Å². The predicted octanol–water partition coefficient (Wildman–Crippen LogP) is 5.50. The summed E-state index contributed by atoms with van der Waals surface area (Å²) in [6.45, 7) is 7.78. The van der Waals surface area contributed by atoms with Crippen LogP contribution in [0.3, 0.4) is 0 Å². The number of nitrogens with one attached hydrogen (secondary N) is 3. The second-order valence-electron chi connectivity index (χ2n) is 14.7. The SMILES string of the molecule is COc1ccc(CN(C(=S)N[C@H]2CCc3sc(NC(=O)C4CC4)c(C(=O)NCC4CC4)c3C2)[C@@H]2CCN(C(=O)OC(C)(C)C)C2)c(OC)c1. The molecular formula is C36H49N5O6S2. The quantitative estimate of drug-likeness (QED) is 0.260. The van der Waals surface area contributed by atoms with Crippen LogP contribution in [0.4, 0.5) is 9.80 Å². The fourth-order valence-electron chi connectivity index (χ4n) is 6.52. The number of hydrogen-bond acceptors (Lipinski definition) is 8. The molecule has 0 radical (unpaired) electrons. The molecule has 0 unspecified atom stereocenters. The van der Waals surface area contributed by atoms with Gasteiger partial charge in [0, 0.05) is 54.6 Å². The van der Waals surface area contributed by atoms with Gasteiger partial charge in [-0.2, -0.15) is 0 Å². The van der Waals surface area contributed by atoms with Gasteiger partial charge in [0.15, 0.2) is 5.11 Å². The minimum absolute atomic E-state index is 0.00674. The van der Waals surface area contributed by atoms with Crippen LogP contribution in [-0.4, -0.2) is 84.4 Å². The maximum atomic E-state index is 13.6. The molecular weight excluding hydrogens is 663 g/mol. The van der Waals surface area contributed by atoms with Crippen molar-refractivity contribution in [1.82, 2.24) is 20.4 Å². The van der Waals surface area contributed by atoms with Crippen LogP contribution in [0.1, 0.15) is 85.7 Å². The normalized spacial score (nSPS) is 20.2. The number of anilines is 1. The Morgan fingerprint density at radius 3 is 2.51 bits per heavy atom. The van der Waals surface area contributed by atoms with Crippen LogP contribution in [-0.2, 0) is 28.9 Å². The third-order valence-corrected chi connectivity index (χ3v) is 11.2. The van der Waals surface area contributed by atoms with Crippen LogP contribution in [0.2, 0.25) is 0 Å². The van der Waals surface area contributed by atoms with Gasteiger partial charge in [-0.1, -0.05) is 0 Å². The van der Waals surface area contributed by atoms with E-state index >= 15 is 0 Å². The molecule has 3 amide bonds. The number of thiocarbonyl (C=S) groups is 1. The van der Waals surface area contributed by atoms with Crippen molar-refractivity contribution in [3.8, 4) is 11.5 Å². The first-order valence-electron chi connectivity index (χ1n) is 17.4. The van der Waals surface area contributed by atoms with Gasteiger partial charge in [0.05, 0.1) is 25.8 Å². The Hall–Kier alpha value is -3.58. The first-order valence-corrected chi connectivity index (χ1v) is 18.6. The van der Waals surface area contributed by atoms with E-state index < -0.39 is 5.60 Å². The summed E-state index contributed by atoms with van der Waals surface area (Å²) in [6, 6.07) is 5.69. The lowest BCUT2D eigenvalue weighted by Gasteiger charge is -2.35. The highest BCUT2D eigenvalue weighted by Crippen LogP contribution is 2.40. The molecule has 0 spiro atoms. The van der Waals surface area contributed by atoms with E-state index in [0.29, 0.717) is 65.7 Å². The molecule has 1 saturated heterocycles. The number of nitrogens with zero attached hydrogens (tertiary/aromatic N) is 2. The van der Waals surface area contributed by atoms with Gasteiger partial charge in [-0.3, -0.25) is 9.59 Å². The number of rotatable bonds is 11. The first kappa shape index (κ1) is 35.3. The van der Waals surface area contributed by atoms with E-state index in [1.807, 2.05) is 39.0 Å². The summed E-state index contributed by atoms with van der Waals surface area (Å²) in [5, 5.41) is 11.1. The fraction of sp³-hybridized carbons (Fsp3) is 0.611. The van der Waals surface area contributed by atoms with E-state index in [1.165, 1.54) is 11.3 Å². The molecule has 11 nitrogen and oxygen atoms in total. The molecule has 2 saturated carbocycles. The minimum atomic E-state index is -0.585. The zero-order valence-corrected chi connectivity index (χ0v) is 30.8. The molecule has 1 aromatic heterocycles. The molecule has 2 atom stereocenters. The lowest BCUT2D eigenvalue weighted by Crippen LogP contribution is -2.51. The van der Waals surface area contributed by atoms with E-state index in [1.54, 1.807) is 19.1 Å². The van der Waals surface area contributed by atoms with E-state index in [-0.39, 0.29) is 35.9 Å². The van der Waals surface area contributed by atoms with Crippen LogP contribution in [0.15, 0.2) is 18.2 Å². The fourth-order valence-corrected chi connectivity index (χ4v) is 8.15. The van der Waals surface area contributed by atoms with Gasteiger partial charge in [0.2, 0.25) is 5.91 Å². The molecule has 2 heterocycles. The highest BCUT2D eigenvalue weighted by molar-refractivity contribution is 7.80. The van der Waals surface area contributed by atoms with Crippen LogP contribution >= 0.6 is 23.6 Å². The van der Waals surface area contributed by atoms with Gasteiger partial charge in [0.25, 0.3) is 5.91 Å². The molecule has 266 valence electrons. The highest BCUT2D eigenvalue weighted by atomic mass is 32.1. The summed E-state index contributed by atoms with van der Waals surface area (Å²) in [7, 11) is 3.26. The van der Waals surface area contributed by atoms with Crippen LogP contribution in [0.5, 0.6) is 11.5 Å². The summed E-state index contributed by atoms with van der Waals surface area (Å²) in [5.41, 5.74) is 1.96. The molecule has 13 heteroatoms. The standard InChI is InChI=1S/C36H49N5O6S2/c1-36(2,3)47-35(44)40-15-14-25(20-40)41(19-23-10-12-26(45-4)17-28(23)46-5)34(48)38-24-11-13-29-27(16-24)30(32(43)37-18-21-6-7-21)33(49-29)39-31(42)22-8-9-22/h10,12,17,21-22,24-25H,6-9,11,13-16,18-20H2,1-5H3,(H,37,43)(H,38,48)(H,39,42)/t24-,25+/m0/s1. The molecule has 6 rings (SSSR count). The van der Waals surface area contributed by atoms with E-state index in [0.717, 1.165) is 60.9 Å². The van der Waals surface area contributed by atoms with Gasteiger partial charge >= 0.3 is 6.09 Å². The molecule has 3 fully saturated rings. The number of aryl methyl sites for hydroxylation is 1. The minimum Gasteiger partial charge on any atom is -0.497 e. The molecule has 1 aliphatic heterocycles. The third kappa shape index (κ3) is 8.78. The predicted molar refractivity (Wildman–Crippen MR) is 194 cm³/mol. The van der Waals surface area contributed by atoms with Crippen LogP contribution < -0.4 is 25.4 Å². The van der Waals surface area contributed by atoms with Crippen molar-refractivity contribution in [2.75, 3.05) is 39.2 Å². The maximum Gasteiger partial charge on any atom is 0.410 e. The number of carbonyl (C=O) groups excluding carboxylic acids is 3. The number of benzene rings is 1. The first-order chi connectivity index (χ1) is 23.4. The maximum absolute atomic E-state index is 13.6. The summed E-state index contributed by atoms with van der Waals surface area (Å²) in [5.74, 6) is 1.88. The Morgan fingerprint density at radius 1 is 1.06 bits per heavy atom. The van der Waals surface area contributed by atoms with Crippen molar-refractivity contribution >= 4 is 51.6 Å². The lowest BCUT2D eigenvalue weighted by atomic mass is 9.91. The zero-order chi connectivity index (χ0) is 34.9. The largest absolute Gasteiger partial charge is 0.497 e. The number of carbonyl (C=O) groups is 3. The van der Waals surface area contributed by atoms with Crippen molar-refractivity contribution in [1.29, 1.82) is 0 Å². The summed E-state index contributed by atoms with van der Waals surface area (Å²) < 4.78 is 16.8. The number of thiophene rings is 1. The van der Waals surface area contributed by atoms with Gasteiger partial charge in [-0.15, -0.1) is 11.3 Å². The number of methoxy groups -OCH3 is 2. The Labute approximate surface area is 298 Å². The van der Waals surface area contributed by atoms with Crippen molar-refractivity contribution in [2.24, 2.45) is 11.8 Å². The second-order valence-corrected chi connectivity index (χ2v) is 16.2. The molecule has 49 heavy (non-hydrogen) atoms. The number of likely N-dealkylation sites (tertiary alicyclic amines) is 1. The third-order valence-electron chi connectivity index (χ3n) is 9.60. The smallest absolute Gasteiger partial charge is 0.410 e. The van der Waals surface area contributed by atoms with Crippen molar-refractivity contribution in [3.63, 3.8) is 0 Å². The van der Waals surface area contributed by atoms with Gasteiger partial charge in [0.1, 0.15) is 22.1 Å². The van der Waals surface area contributed by atoms with Crippen LogP contribution in [0.25, 0.3) is 0 Å². The Balaban J connectivity index is 1.21. The number of hydrogen-bond donors (Lipinski definition) is 3. The van der Waals surface area contributed by atoms with E-state index in [4.69, 9.17) is 26.4 Å². The monoisotopic (exact) mass is 711 g/mol. The summed E-state index contributed by atoms with van der Waals surface area (Å²) in [4.78, 5) is 44.5. The zero-order valence-electron chi connectivity index (χ0n) is 29.2. The van der Waals surface area contributed by atoms with Crippen LogP contribution in [0, 0.1) is 11.8 Å². The van der Waals surface area contributed by atoms with E-state index in [2.05, 4.69) is 20.9 Å². The molecule has 0 bridgehead atoms. The molecule has 3 N–H and O–H groups in total. The number of fused-ring (bicyclic) bond motifs is 1. The van der Waals surface area contributed by atoms with E-state index in [9.17, 15) is 14.4 Å². The average Bonchev–Trinajstić information content (AvgIpc) is 4.00. The summed E-state index contributed by atoms with van der Waals surface area (Å²) in [6.07, 6.45) is 6.73. The average molecular weight is 712 g/mol. The second kappa shape index (κ2) is 14.7. The molecule has 1 aromatic carbocycles. The number of amides is 3. The van der Waals surface area contributed by atoms with Gasteiger partial charge < -0.3 is 40.0 Å². The molecule has 3 aliphatic carbocycles. The van der Waals surface area contributed by atoms with Crippen molar-refractivity contribution in [2.45, 2.75) is 96.4 Å². The molecule has 4 aliphatic rings. The number of ether oxygens (including phenoxy) is 3. The van der Waals surface area contributed by atoms with Gasteiger partial charge in [-0.25, -0.2) is 4.79 Å². The lowest BCUT2D eigenvalue weighted by molar-refractivity contribution is -0.117. The van der Waals surface area contributed by atoms with Crippen molar-refractivity contribution < 1.29 is 28.6 Å². The Morgan fingerprint density at radius 2 is 1.84 bits per heavy atom. The molecule has 2 aromatic rings. The Kier molecular flexibility index (Phi) is 10.6. The van der Waals surface area contributed by atoms with Crippen molar-refractivity contribution in [3.05, 3.63) is 39.8 Å². The Bertz CT molecular complexity index is 1580. The summed E-state index contributed by atoms with van der Waals surface area (Å²) >= 11 is 7.69.